The highest BCUT2D eigenvalue weighted by Gasteiger charge is 2.20. The summed E-state index contributed by atoms with van der Waals surface area (Å²) in [4.78, 5) is 6.73. The number of benzene rings is 1. The number of anilines is 1. The summed E-state index contributed by atoms with van der Waals surface area (Å²) in [6, 6.07) is 8.17. The first-order chi connectivity index (χ1) is 11.2. The minimum absolute atomic E-state index is 0.354. The van der Waals surface area contributed by atoms with Gasteiger partial charge in [0.25, 0.3) is 0 Å². The number of nitrogens with zero attached hydrogens (tertiary/aromatic N) is 3. The van der Waals surface area contributed by atoms with Crippen molar-refractivity contribution in [3.8, 4) is 6.07 Å². The van der Waals surface area contributed by atoms with Gasteiger partial charge in [-0.1, -0.05) is 17.7 Å². The Hall–Kier alpha value is -2.09. The molecule has 5 heteroatoms. The zero-order chi connectivity index (χ0) is 16.2. The van der Waals surface area contributed by atoms with Crippen LogP contribution in [0.1, 0.15) is 18.4 Å². The van der Waals surface area contributed by atoms with Gasteiger partial charge in [-0.3, -0.25) is 9.88 Å². The Bertz CT molecular complexity index is 757. The third kappa shape index (κ3) is 3.47. The number of pyridine rings is 1. The van der Waals surface area contributed by atoms with Crippen molar-refractivity contribution in [3.05, 3.63) is 47.6 Å². The first-order valence-electron chi connectivity index (χ1n) is 7.79. The van der Waals surface area contributed by atoms with Crippen molar-refractivity contribution in [2.45, 2.75) is 18.9 Å². The van der Waals surface area contributed by atoms with E-state index in [4.69, 9.17) is 11.6 Å². The predicted molar refractivity (Wildman–Crippen MR) is 94.7 cm³/mol. The molecule has 23 heavy (non-hydrogen) atoms. The predicted octanol–water partition coefficient (Wildman–Crippen LogP) is 3.82. The van der Waals surface area contributed by atoms with Crippen LogP contribution in [-0.4, -0.2) is 35.6 Å². The largest absolute Gasteiger partial charge is 0.381 e. The summed E-state index contributed by atoms with van der Waals surface area (Å²) in [6.07, 6.45) is 5.66. The van der Waals surface area contributed by atoms with Gasteiger partial charge in [-0.2, -0.15) is 5.26 Å². The fourth-order valence-corrected chi connectivity index (χ4v) is 3.22. The van der Waals surface area contributed by atoms with Crippen molar-refractivity contribution in [3.63, 3.8) is 0 Å². The summed E-state index contributed by atoms with van der Waals surface area (Å²) in [5, 5.41) is 14.5. The number of fused-ring (bicyclic) bond motifs is 1. The number of likely N-dealkylation sites (tertiary alicyclic amines) is 1. The van der Waals surface area contributed by atoms with Crippen LogP contribution in [0.3, 0.4) is 0 Å². The van der Waals surface area contributed by atoms with Gasteiger partial charge in [-0.15, -0.1) is 6.58 Å². The number of piperidine rings is 1. The topological polar surface area (TPSA) is 52.0 Å². The lowest BCUT2D eigenvalue weighted by molar-refractivity contribution is 0.240. The molecule has 1 N–H and O–H groups in total. The molecule has 1 aromatic heterocycles. The van der Waals surface area contributed by atoms with E-state index in [1.807, 2.05) is 24.3 Å². The van der Waals surface area contributed by atoms with Crippen LogP contribution in [0.15, 0.2) is 37.1 Å². The molecular formula is C18H19ClN4. The van der Waals surface area contributed by atoms with Crippen LogP contribution < -0.4 is 5.32 Å². The van der Waals surface area contributed by atoms with Crippen molar-refractivity contribution in [2.24, 2.45) is 0 Å². The average molecular weight is 327 g/mol. The number of rotatable bonds is 4. The maximum Gasteiger partial charge on any atom is 0.103 e. The van der Waals surface area contributed by atoms with Crippen LogP contribution in [0.2, 0.25) is 5.02 Å². The van der Waals surface area contributed by atoms with Gasteiger partial charge in [0.05, 0.1) is 16.8 Å². The molecule has 0 saturated carbocycles. The highest BCUT2D eigenvalue weighted by atomic mass is 35.5. The Morgan fingerprint density at radius 3 is 2.91 bits per heavy atom. The average Bonchev–Trinajstić information content (AvgIpc) is 2.57. The van der Waals surface area contributed by atoms with Crippen LogP contribution in [-0.2, 0) is 0 Å². The zero-order valence-electron chi connectivity index (χ0n) is 12.9. The molecule has 0 amide bonds. The molecule has 2 heterocycles. The molecule has 1 aliphatic heterocycles. The Balaban J connectivity index is 1.86. The molecular weight excluding hydrogens is 308 g/mol. The maximum absolute atomic E-state index is 9.41. The number of nitriles is 1. The summed E-state index contributed by atoms with van der Waals surface area (Å²) < 4.78 is 0. The quantitative estimate of drug-likeness (QED) is 0.868. The van der Waals surface area contributed by atoms with Gasteiger partial charge in [0.2, 0.25) is 0 Å². The first kappa shape index (κ1) is 15.8. The molecule has 0 spiro atoms. The van der Waals surface area contributed by atoms with E-state index in [1.54, 1.807) is 6.20 Å². The molecule has 2 aromatic rings. The van der Waals surface area contributed by atoms with E-state index in [0.717, 1.165) is 49.1 Å². The number of hydrogen-bond acceptors (Lipinski definition) is 4. The molecule has 1 saturated heterocycles. The standard InChI is InChI=1S/C18H19ClN4/c1-2-7-23-8-5-15(6-9-23)22-18-13(11-20)12-21-17-4-3-14(19)10-16(17)18/h2-4,10,12,15H,1,5-9H2,(H,21,22). The van der Waals surface area contributed by atoms with Crippen LogP contribution in [0, 0.1) is 11.3 Å². The SMILES string of the molecule is C=CCN1CCC(Nc2c(C#N)cnc3ccc(Cl)cc23)CC1. The molecule has 0 aliphatic carbocycles. The summed E-state index contributed by atoms with van der Waals surface area (Å²) in [5.74, 6) is 0. The fourth-order valence-electron chi connectivity index (χ4n) is 3.05. The van der Waals surface area contributed by atoms with Gasteiger partial charge in [-0.25, -0.2) is 0 Å². The second-order valence-electron chi connectivity index (χ2n) is 5.83. The second-order valence-corrected chi connectivity index (χ2v) is 6.26. The summed E-state index contributed by atoms with van der Waals surface area (Å²) >= 11 is 6.13. The minimum atomic E-state index is 0.354. The molecule has 0 bridgehead atoms. The number of aromatic nitrogens is 1. The lowest BCUT2D eigenvalue weighted by atomic mass is 10.0. The fraction of sp³-hybridized carbons (Fsp3) is 0.333. The smallest absolute Gasteiger partial charge is 0.103 e. The van der Waals surface area contributed by atoms with E-state index < -0.39 is 0 Å². The van der Waals surface area contributed by atoms with Gasteiger partial charge in [0, 0.05) is 42.3 Å². The Kier molecular flexibility index (Phi) is 4.80. The summed E-state index contributed by atoms with van der Waals surface area (Å²) in [6.45, 7) is 6.80. The van der Waals surface area contributed by atoms with Gasteiger partial charge >= 0.3 is 0 Å². The molecule has 0 atom stereocenters. The van der Waals surface area contributed by atoms with Crippen molar-refractivity contribution >= 4 is 28.2 Å². The first-order valence-corrected chi connectivity index (χ1v) is 8.17. The monoisotopic (exact) mass is 326 g/mol. The van der Waals surface area contributed by atoms with Gasteiger partial charge in [0.1, 0.15) is 6.07 Å². The second kappa shape index (κ2) is 6.99. The highest BCUT2D eigenvalue weighted by molar-refractivity contribution is 6.31. The maximum atomic E-state index is 9.41. The number of halogens is 1. The van der Waals surface area contributed by atoms with Crippen molar-refractivity contribution in [1.29, 1.82) is 5.26 Å². The zero-order valence-corrected chi connectivity index (χ0v) is 13.7. The molecule has 1 fully saturated rings. The Morgan fingerprint density at radius 2 is 2.22 bits per heavy atom. The van der Waals surface area contributed by atoms with Crippen LogP contribution in [0.4, 0.5) is 5.69 Å². The summed E-state index contributed by atoms with van der Waals surface area (Å²) in [5.41, 5.74) is 2.26. The summed E-state index contributed by atoms with van der Waals surface area (Å²) in [7, 11) is 0. The van der Waals surface area contributed by atoms with E-state index in [9.17, 15) is 5.26 Å². The lowest BCUT2D eigenvalue weighted by Gasteiger charge is -2.32. The van der Waals surface area contributed by atoms with E-state index in [-0.39, 0.29) is 0 Å². The van der Waals surface area contributed by atoms with Gasteiger partial charge in [0.15, 0.2) is 0 Å². The molecule has 0 radical (unpaired) electrons. The lowest BCUT2D eigenvalue weighted by Crippen LogP contribution is -2.39. The van der Waals surface area contributed by atoms with Crippen molar-refractivity contribution in [2.75, 3.05) is 25.0 Å². The van der Waals surface area contributed by atoms with Crippen LogP contribution in [0.25, 0.3) is 10.9 Å². The molecule has 4 nitrogen and oxygen atoms in total. The Labute approximate surface area is 141 Å². The van der Waals surface area contributed by atoms with E-state index in [0.29, 0.717) is 16.6 Å². The molecule has 3 rings (SSSR count). The van der Waals surface area contributed by atoms with Gasteiger partial charge < -0.3 is 5.32 Å². The molecule has 118 valence electrons. The van der Waals surface area contributed by atoms with Crippen molar-refractivity contribution < 1.29 is 0 Å². The Morgan fingerprint density at radius 1 is 1.43 bits per heavy atom. The minimum Gasteiger partial charge on any atom is -0.381 e. The van der Waals surface area contributed by atoms with Crippen LogP contribution >= 0.6 is 11.6 Å². The molecule has 1 aliphatic rings. The molecule has 1 aromatic carbocycles. The van der Waals surface area contributed by atoms with E-state index in [1.165, 1.54) is 0 Å². The van der Waals surface area contributed by atoms with Crippen molar-refractivity contribution in [1.82, 2.24) is 9.88 Å². The molecule has 0 unspecified atom stereocenters. The number of nitrogens with one attached hydrogen (secondary N) is 1. The van der Waals surface area contributed by atoms with Gasteiger partial charge in [-0.05, 0) is 31.0 Å². The third-order valence-electron chi connectivity index (χ3n) is 4.27. The third-order valence-corrected chi connectivity index (χ3v) is 4.51. The van der Waals surface area contributed by atoms with E-state index >= 15 is 0 Å². The normalized spacial score (nSPS) is 16.2. The van der Waals surface area contributed by atoms with E-state index in [2.05, 4.69) is 27.8 Å². The highest BCUT2D eigenvalue weighted by Crippen LogP contribution is 2.30. The number of hydrogen-bond donors (Lipinski definition) is 1. The van der Waals surface area contributed by atoms with Crippen LogP contribution in [0.5, 0.6) is 0 Å².